The zero-order valence-electron chi connectivity index (χ0n) is 16.2. The molecule has 0 saturated heterocycles. The number of H-pyrrole nitrogens is 1. The van der Waals surface area contributed by atoms with E-state index in [0.717, 1.165) is 33.1 Å². The summed E-state index contributed by atoms with van der Waals surface area (Å²) >= 11 is 0. The summed E-state index contributed by atoms with van der Waals surface area (Å²) in [7, 11) is 0. The van der Waals surface area contributed by atoms with Crippen LogP contribution in [0.25, 0.3) is 33.1 Å². The zero-order valence-corrected chi connectivity index (χ0v) is 16.2. The number of carbonyl (C=O) groups excluding carboxylic acids is 1. The van der Waals surface area contributed by atoms with Crippen molar-refractivity contribution in [1.29, 1.82) is 0 Å². The number of nitro benzene ring substituents is 1. The van der Waals surface area contributed by atoms with Crippen LogP contribution in [0.5, 0.6) is 0 Å². The number of nitro groups is 1. The van der Waals surface area contributed by atoms with Crippen LogP contribution in [-0.4, -0.2) is 20.8 Å². The molecular formula is C24H16N4O3. The van der Waals surface area contributed by atoms with E-state index in [1.54, 1.807) is 18.3 Å². The smallest absolute Gasteiger partial charge is 0.282 e. The van der Waals surface area contributed by atoms with Gasteiger partial charge in [-0.15, -0.1) is 0 Å². The number of hydrogen-bond donors (Lipinski definition) is 2. The highest BCUT2D eigenvalue weighted by atomic mass is 16.6. The van der Waals surface area contributed by atoms with Crippen molar-refractivity contribution in [2.75, 3.05) is 5.32 Å². The van der Waals surface area contributed by atoms with E-state index >= 15 is 0 Å². The van der Waals surface area contributed by atoms with Crippen LogP contribution in [0.3, 0.4) is 0 Å². The Morgan fingerprint density at radius 1 is 0.935 bits per heavy atom. The van der Waals surface area contributed by atoms with Crippen molar-refractivity contribution in [3.8, 4) is 11.3 Å². The lowest BCUT2D eigenvalue weighted by Crippen LogP contribution is -2.13. The molecule has 3 aromatic carbocycles. The molecule has 2 aromatic heterocycles. The number of nitrogens with one attached hydrogen (secondary N) is 2. The molecule has 150 valence electrons. The van der Waals surface area contributed by atoms with Crippen molar-refractivity contribution >= 4 is 39.1 Å². The van der Waals surface area contributed by atoms with Gasteiger partial charge in [0.25, 0.3) is 11.6 Å². The average Bonchev–Trinajstić information content (AvgIpc) is 3.17. The molecule has 5 aromatic rings. The van der Waals surface area contributed by atoms with Crippen molar-refractivity contribution in [2.45, 2.75) is 0 Å². The number of benzene rings is 3. The quantitative estimate of drug-likeness (QED) is 0.301. The van der Waals surface area contributed by atoms with Crippen molar-refractivity contribution in [3.63, 3.8) is 0 Å². The maximum Gasteiger partial charge on any atom is 0.282 e. The number of aromatic nitrogens is 2. The van der Waals surface area contributed by atoms with Crippen LogP contribution >= 0.6 is 0 Å². The fraction of sp³-hybridized carbons (Fsp3) is 0. The van der Waals surface area contributed by atoms with E-state index < -0.39 is 10.8 Å². The molecule has 1 amide bonds. The van der Waals surface area contributed by atoms with Crippen LogP contribution in [0.2, 0.25) is 0 Å². The first-order valence-electron chi connectivity index (χ1n) is 9.62. The van der Waals surface area contributed by atoms with Crippen molar-refractivity contribution in [1.82, 2.24) is 9.97 Å². The molecule has 0 saturated carbocycles. The van der Waals surface area contributed by atoms with Crippen LogP contribution < -0.4 is 5.32 Å². The molecule has 0 bridgehead atoms. The molecule has 7 nitrogen and oxygen atoms in total. The van der Waals surface area contributed by atoms with Gasteiger partial charge in [-0.3, -0.25) is 19.9 Å². The third kappa shape index (κ3) is 3.28. The summed E-state index contributed by atoms with van der Waals surface area (Å²) in [5, 5.41) is 15.9. The molecule has 0 atom stereocenters. The highest BCUT2D eigenvalue weighted by Crippen LogP contribution is 2.33. The Bertz CT molecular complexity index is 1460. The first-order chi connectivity index (χ1) is 15.1. The number of rotatable bonds is 4. The van der Waals surface area contributed by atoms with Crippen LogP contribution in [-0.2, 0) is 0 Å². The highest BCUT2D eigenvalue weighted by Gasteiger charge is 2.19. The summed E-state index contributed by atoms with van der Waals surface area (Å²) in [6, 6.07) is 23.2. The van der Waals surface area contributed by atoms with E-state index in [1.807, 2.05) is 48.5 Å². The number of anilines is 1. The predicted octanol–water partition coefficient (Wildman–Crippen LogP) is 5.54. The molecule has 2 heterocycles. The number of amides is 1. The van der Waals surface area contributed by atoms with Crippen LogP contribution in [0, 0.1) is 10.1 Å². The number of carbonyl (C=O) groups is 1. The molecule has 0 aliphatic rings. The van der Waals surface area contributed by atoms with E-state index in [2.05, 4.69) is 15.3 Å². The van der Waals surface area contributed by atoms with Gasteiger partial charge in [0.15, 0.2) is 0 Å². The number of para-hydroxylation sites is 1. The monoisotopic (exact) mass is 408 g/mol. The number of fused-ring (bicyclic) bond motifs is 3. The molecule has 0 aliphatic carbocycles. The Morgan fingerprint density at radius 2 is 1.71 bits per heavy atom. The zero-order chi connectivity index (χ0) is 21.4. The van der Waals surface area contributed by atoms with Crippen LogP contribution in [0.4, 0.5) is 11.4 Å². The number of hydrogen-bond acceptors (Lipinski definition) is 4. The van der Waals surface area contributed by atoms with Gasteiger partial charge in [0, 0.05) is 39.8 Å². The molecule has 5 rings (SSSR count). The summed E-state index contributed by atoms with van der Waals surface area (Å²) in [5.74, 6) is -0.530. The topological polar surface area (TPSA) is 101 Å². The fourth-order valence-corrected chi connectivity index (χ4v) is 3.74. The fourth-order valence-electron chi connectivity index (χ4n) is 3.74. The number of nitrogens with zero attached hydrogens (tertiary/aromatic N) is 2. The normalized spacial score (nSPS) is 11.0. The van der Waals surface area contributed by atoms with Gasteiger partial charge in [0.05, 0.1) is 16.1 Å². The van der Waals surface area contributed by atoms with E-state index in [1.165, 1.54) is 18.2 Å². The Balaban J connectivity index is 1.56. The Morgan fingerprint density at radius 3 is 2.52 bits per heavy atom. The number of pyridine rings is 1. The van der Waals surface area contributed by atoms with Gasteiger partial charge < -0.3 is 10.3 Å². The summed E-state index contributed by atoms with van der Waals surface area (Å²) in [6.45, 7) is 0. The summed E-state index contributed by atoms with van der Waals surface area (Å²) < 4.78 is 0. The average molecular weight is 408 g/mol. The van der Waals surface area contributed by atoms with Gasteiger partial charge in [-0.1, -0.05) is 42.5 Å². The highest BCUT2D eigenvalue weighted by molar-refractivity contribution is 6.13. The molecule has 7 heteroatoms. The summed E-state index contributed by atoms with van der Waals surface area (Å²) in [5.41, 5.74) is 4.00. The minimum atomic E-state index is -0.560. The summed E-state index contributed by atoms with van der Waals surface area (Å²) in [6.07, 6.45) is 1.76. The van der Waals surface area contributed by atoms with Gasteiger partial charge in [0.2, 0.25) is 0 Å². The molecule has 0 spiro atoms. The Kier molecular flexibility index (Phi) is 4.41. The van der Waals surface area contributed by atoms with Crippen LogP contribution in [0.1, 0.15) is 10.4 Å². The standard InChI is InChI=1S/C24H16N4O3/c29-24(18-8-4-5-9-21(18)28(30)31)26-16-10-11-20-19(14-16)17-12-13-25-22(23(17)27-20)15-6-2-1-3-7-15/h1-14,27H,(H,26,29). The van der Waals surface area contributed by atoms with E-state index in [4.69, 9.17) is 0 Å². The second kappa shape index (κ2) is 7.38. The first kappa shape index (κ1) is 18.5. The van der Waals surface area contributed by atoms with Gasteiger partial charge in [-0.25, -0.2) is 0 Å². The van der Waals surface area contributed by atoms with E-state index in [-0.39, 0.29) is 11.3 Å². The third-order valence-electron chi connectivity index (χ3n) is 5.17. The maximum absolute atomic E-state index is 12.7. The molecule has 2 N–H and O–H groups in total. The Labute approximate surface area is 176 Å². The van der Waals surface area contributed by atoms with Gasteiger partial charge in [-0.05, 0) is 30.3 Å². The second-order valence-electron chi connectivity index (χ2n) is 7.06. The minimum absolute atomic E-state index is 0.0158. The summed E-state index contributed by atoms with van der Waals surface area (Å²) in [4.78, 5) is 31.3. The van der Waals surface area contributed by atoms with Crippen molar-refractivity contribution in [3.05, 3.63) is 101 Å². The van der Waals surface area contributed by atoms with E-state index in [0.29, 0.717) is 5.69 Å². The molecule has 0 fully saturated rings. The number of aromatic amines is 1. The van der Waals surface area contributed by atoms with Gasteiger partial charge in [0.1, 0.15) is 5.56 Å². The molecule has 0 aliphatic heterocycles. The van der Waals surface area contributed by atoms with Crippen molar-refractivity contribution < 1.29 is 9.72 Å². The second-order valence-corrected chi connectivity index (χ2v) is 7.06. The Hall–Kier alpha value is -4.52. The van der Waals surface area contributed by atoms with Gasteiger partial charge >= 0.3 is 0 Å². The molecular weight excluding hydrogens is 392 g/mol. The molecule has 0 unspecified atom stereocenters. The van der Waals surface area contributed by atoms with Gasteiger partial charge in [-0.2, -0.15) is 0 Å². The third-order valence-corrected chi connectivity index (χ3v) is 5.17. The predicted molar refractivity (Wildman–Crippen MR) is 120 cm³/mol. The van der Waals surface area contributed by atoms with Crippen LogP contribution in [0.15, 0.2) is 85.1 Å². The lowest BCUT2D eigenvalue weighted by atomic mass is 10.1. The van der Waals surface area contributed by atoms with Crippen molar-refractivity contribution in [2.24, 2.45) is 0 Å². The lowest BCUT2D eigenvalue weighted by Gasteiger charge is -2.06. The largest absolute Gasteiger partial charge is 0.353 e. The molecule has 31 heavy (non-hydrogen) atoms. The minimum Gasteiger partial charge on any atom is -0.353 e. The lowest BCUT2D eigenvalue weighted by molar-refractivity contribution is -0.385. The van der Waals surface area contributed by atoms with E-state index in [9.17, 15) is 14.9 Å². The SMILES string of the molecule is O=C(Nc1ccc2[nH]c3c(-c4ccccc4)nccc3c2c1)c1ccccc1[N+](=O)[O-]. The first-order valence-corrected chi connectivity index (χ1v) is 9.62. The maximum atomic E-state index is 12.7. The molecule has 0 radical (unpaired) electrons.